The summed E-state index contributed by atoms with van der Waals surface area (Å²) >= 11 is 9.16. The fraction of sp³-hybridized carbons (Fsp3) is 0.333. The zero-order valence-corrected chi connectivity index (χ0v) is 14.3. The molecule has 3 nitrogen and oxygen atoms in total. The Labute approximate surface area is 137 Å². The number of benzene rings is 1. The number of nitrogens with one attached hydrogen (secondary N) is 1. The maximum absolute atomic E-state index is 11.7. The van der Waals surface area contributed by atoms with E-state index in [-0.39, 0.29) is 5.56 Å². The fourth-order valence-corrected chi connectivity index (χ4v) is 3.24. The van der Waals surface area contributed by atoms with Gasteiger partial charge < -0.3 is 4.98 Å². The molecule has 1 aromatic heterocycles. The predicted octanol–water partition coefficient (Wildman–Crippen LogP) is 4.36. The van der Waals surface area contributed by atoms with Gasteiger partial charge in [0.15, 0.2) is 5.16 Å². The molecule has 0 atom stereocenters. The standard InChI is InChI=1S/C15H17ClN2OS2/c1-10(2)20-9-13-7-14(19)18-15(17-13)21-8-11-3-5-12(16)6-4-11/h3-7,10H,8-9H2,1-2H3,(H,17,18,19). The molecule has 0 aliphatic carbocycles. The molecule has 0 aliphatic heterocycles. The number of rotatable bonds is 6. The van der Waals surface area contributed by atoms with Gasteiger partial charge in [0.2, 0.25) is 0 Å². The van der Waals surface area contributed by atoms with Crippen molar-refractivity contribution in [1.29, 1.82) is 0 Å². The van der Waals surface area contributed by atoms with E-state index >= 15 is 0 Å². The lowest BCUT2D eigenvalue weighted by Crippen LogP contribution is -2.10. The summed E-state index contributed by atoms with van der Waals surface area (Å²) in [6.45, 7) is 4.27. The first-order valence-electron chi connectivity index (χ1n) is 6.62. The van der Waals surface area contributed by atoms with E-state index < -0.39 is 0 Å². The first kappa shape index (κ1) is 16.5. The number of aromatic nitrogens is 2. The summed E-state index contributed by atoms with van der Waals surface area (Å²) in [4.78, 5) is 19.0. The maximum atomic E-state index is 11.7. The summed E-state index contributed by atoms with van der Waals surface area (Å²) in [5, 5.41) is 1.91. The van der Waals surface area contributed by atoms with E-state index in [9.17, 15) is 4.79 Å². The minimum Gasteiger partial charge on any atom is -0.301 e. The zero-order valence-electron chi connectivity index (χ0n) is 11.9. The number of halogens is 1. The number of aromatic amines is 1. The molecule has 6 heteroatoms. The van der Waals surface area contributed by atoms with Gasteiger partial charge in [0.1, 0.15) is 0 Å². The van der Waals surface area contributed by atoms with Crippen LogP contribution in [0.5, 0.6) is 0 Å². The second-order valence-corrected chi connectivity index (χ2v) is 7.78. The second-order valence-electron chi connectivity index (χ2n) is 4.82. The van der Waals surface area contributed by atoms with Gasteiger partial charge in [-0.05, 0) is 22.9 Å². The first-order chi connectivity index (χ1) is 10.0. The Kier molecular flexibility index (Phi) is 6.21. The van der Waals surface area contributed by atoms with Crippen molar-refractivity contribution in [2.45, 2.75) is 35.8 Å². The Hall–Kier alpha value is -0.910. The van der Waals surface area contributed by atoms with Crippen LogP contribution in [0.1, 0.15) is 25.1 Å². The highest BCUT2D eigenvalue weighted by atomic mass is 35.5. The van der Waals surface area contributed by atoms with Crippen LogP contribution in [-0.2, 0) is 11.5 Å². The van der Waals surface area contributed by atoms with Gasteiger partial charge in [0, 0.05) is 22.6 Å². The summed E-state index contributed by atoms with van der Waals surface area (Å²) in [6, 6.07) is 9.26. The van der Waals surface area contributed by atoms with E-state index in [4.69, 9.17) is 11.6 Å². The molecule has 1 aromatic carbocycles. The number of nitrogens with zero attached hydrogens (tertiary/aromatic N) is 1. The minimum atomic E-state index is -0.0945. The summed E-state index contributed by atoms with van der Waals surface area (Å²) in [5.74, 6) is 1.51. The van der Waals surface area contributed by atoms with Crippen molar-refractivity contribution in [3.8, 4) is 0 Å². The third-order valence-corrected chi connectivity index (χ3v) is 4.95. The van der Waals surface area contributed by atoms with Crippen molar-refractivity contribution in [3.05, 3.63) is 57.0 Å². The molecule has 0 bridgehead atoms. The van der Waals surface area contributed by atoms with Gasteiger partial charge in [-0.3, -0.25) is 4.79 Å². The third-order valence-electron chi connectivity index (χ3n) is 2.63. The normalized spacial score (nSPS) is 11.0. The lowest BCUT2D eigenvalue weighted by Gasteiger charge is -2.06. The molecule has 0 fully saturated rings. The first-order valence-corrected chi connectivity index (χ1v) is 9.03. The Morgan fingerprint density at radius 1 is 1.24 bits per heavy atom. The van der Waals surface area contributed by atoms with Crippen molar-refractivity contribution in [2.24, 2.45) is 0 Å². The van der Waals surface area contributed by atoms with Crippen LogP contribution < -0.4 is 5.56 Å². The van der Waals surface area contributed by atoms with E-state index in [1.807, 2.05) is 24.3 Å². The van der Waals surface area contributed by atoms with Crippen LogP contribution in [0.25, 0.3) is 0 Å². The van der Waals surface area contributed by atoms with Crippen LogP contribution in [0, 0.1) is 0 Å². The lowest BCUT2D eigenvalue weighted by atomic mass is 10.2. The van der Waals surface area contributed by atoms with Gasteiger partial charge in [0.05, 0.1) is 5.69 Å². The molecule has 21 heavy (non-hydrogen) atoms. The van der Waals surface area contributed by atoms with E-state index in [0.717, 1.165) is 27.8 Å². The minimum absolute atomic E-state index is 0.0945. The molecule has 112 valence electrons. The van der Waals surface area contributed by atoms with Crippen LogP contribution in [0.3, 0.4) is 0 Å². The second kappa shape index (κ2) is 7.92. The molecular weight excluding hydrogens is 324 g/mol. The molecule has 0 saturated carbocycles. The average molecular weight is 341 g/mol. The Bertz CT molecular complexity index is 641. The molecule has 0 saturated heterocycles. The number of hydrogen-bond acceptors (Lipinski definition) is 4. The summed E-state index contributed by atoms with van der Waals surface area (Å²) < 4.78 is 0. The van der Waals surface area contributed by atoms with E-state index in [1.165, 1.54) is 11.8 Å². The van der Waals surface area contributed by atoms with Crippen LogP contribution in [-0.4, -0.2) is 15.2 Å². The highest BCUT2D eigenvalue weighted by molar-refractivity contribution is 7.99. The van der Waals surface area contributed by atoms with Gasteiger partial charge in [-0.25, -0.2) is 4.98 Å². The van der Waals surface area contributed by atoms with Crippen LogP contribution in [0.4, 0.5) is 0 Å². The van der Waals surface area contributed by atoms with Crippen molar-refractivity contribution >= 4 is 35.1 Å². The molecule has 0 spiro atoms. The fourth-order valence-electron chi connectivity index (χ4n) is 1.61. The maximum Gasteiger partial charge on any atom is 0.251 e. The Morgan fingerprint density at radius 3 is 2.62 bits per heavy atom. The molecule has 0 unspecified atom stereocenters. The molecule has 0 radical (unpaired) electrons. The third kappa shape index (κ3) is 5.77. The van der Waals surface area contributed by atoms with Gasteiger partial charge in [0.25, 0.3) is 5.56 Å². The Morgan fingerprint density at radius 2 is 1.95 bits per heavy atom. The highest BCUT2D eigenvalue weighted by Crippen LogP contribution is 2.21. The van der Waals surface area contributed by atoms with Crippen LogP contribution in [0.2, 0.25) is 5.02 Å². The topological polar surface area (TPSA) is 45.8 Å². The average Bonchev–Trinajstić information content (AvgIpc) is 2.44. The molecule has 1 N–H and O–H groups in total. The van der Waals surface area contributed by atoms with Crippen molar-refractivity contribution in [3.63, 3.8) is 0 Å². The molecule has 0 amide bonds. The molecule has 2 aromatic rings. The van der Waals surface area contributed by atoms with Gasteiger partial charge >= 0.3 is 0 Å². The van der Waals surface area contributed by atoms with E-state index in [1.54, 1.807) is 17.8 Å². The smallest absolute Gasteiger partial charge is 0.251 e. The van der Waals surface area contributed by atoms with Crippen LogP contribution >= 0.6 is 35.1 Å². The van der Waals surface area contributed by atoms with Gasteiger partial charge in [-0.15, -0.1) is 0 Å². The molecule has 1 heterocycles. The number of thioether (sulfide) groups is 2. The van der Waals surface area contributed by atoms with Crippen molar-refractivity contribution in [1.82, 2.24) is 9.97 Å². The SMILES string of the molecule is CC(C)SCc1cc(=O)[nH]c(SCc2ccc(Cl)cc2)n1. The number of H-pyrrole nitrogens is 1. The number of hydrogen-bond donors (Lipinski definition) is 1. The summed E-state index contributed by atoms with van der Waals surface area (Å²) in [6.07, 6.45) is 0. The molecular formula is C15H17ClN2OS2. The predicted molar refractivity (Wildman–Crippen MR) is 92.3 cm³/mol. The summed E-state index contributed by atoms with van der Waals surface area (Å²) in [5.41, 5.74) is 1.88. The quantitative estimate of drug-likeness (QED) is 0.627. The largest absolute Gasteiger partial charge is 0.301 e. The molecule has 2 rings (SSSR count). The van der Waals surface area contributed by atoms with Crippen molar-refractivity contribution in [2.75, 3.05) is 0 Å². The van der Waals surface area contributed by atoms with Gasteiger partial charge in [-0.2, -0.15) is 11.8 Å². The monoisotopic (exact) mass is 340 g/mol. The Balaban J connectivity index is 2.02. The van der Waals surface area contributed by atoms with E-state index in [0.29, 0.717) is 10.4 Å². The lowest BCUT2D eigenvalue weighted by molar-refractivity contribution is 0.898. The highest BCUT2D eigenvalue weighted by Gasteiger charge is 2.04. The van der Waals surface area contributed by atoms with Crippen LogP contribution in [0.15, 0.2) is 40.3 Å². The van der Waals surface area contributed by atoms with E-state index in [2.05, 4.69) is 23.8 Å². The zero-order chi connectivity index (χ0) is 15.2. The molecule has 0 aliphatic rings. The van der Waals surface area contributed by atoms with Gasteiger partial charge in [-0.1, -0.05) is 49.3 Å². The summed E-state index contributed by atoms with van der Waals surface area (Å²) in [7, 11) is 0. The van der Waals surface area contributed by atoms with Crippen molar-refractivity contribution < 1.29 is 0 Å².